The van der Waals surface area contributed by atoms with Gasteiger partial charge < -0.3 is 10.6 Å². The van der Waals surface area contributed by atoms with E-state index in [1.54, 1.807) is 7.05 Å². The summed E-state index contributed by atoms with van der Waals surface area (Å²) in [4.78, 5) is 25.8. The van der Waals surface area contributed by atoms with Crippen LogP contribution >= 0.6 is 0 Å². The first-order valence-electron chi connectivity index (χ1n) is 6.94. The van der Waals surface area contributed by atoms with Crippen molar-refractivity contribution in [2.45, 2.75) is 64.1 Å². The van der Waals surface area contributed by atoms with E-state index in [-0.39, 0.29) is 29.8 Å². The van der Waals surface area contributed by atoms with Crippen LogP contribution in [-0.4, -0.2) is 47.9 Å². The van der Waals surface area contributed by atoms with E-state index in [0.29, 0.717) is 0 Å². The molecule has 0 aromatic heterocycles. The minimum absolute atomic E-state index is 0.0797. The van der Waals surface area contributed by atoms with Crippen LogP contribution in [0.5, 0.6) is 0 Å². The first-order valence-corrected chi connectivity index (χ1v) is 6.94. The minimum atomic E-state index is -0.479. The molecule has 1 rings (SSSR count). The quantitative estimate of drug-likeness (QED) is 0.703. The number of likely N-dealkylation sites (tertiary alicyclic amines) is 1. The van der Waals surface area contributed by atoms with Gasteiger partial charge in [-0.05, 0) is 47.7 Å². The lowest BCUT2D eigenvalue weighted by Crippen LogP contribution is -2.55. The van der Waals surface area contributed by atoms with Crippen molar-refractivity contribution in [2.24, 2.45) is 0 Å². The molecule has 1 fully saturated rings. The highest BCUT2D eigenvalue weighted by molar-refractivity contribution is 6.06. The van der Waals surface area contributed by atoms with Gasteiger partial charge in [0.25, 0.3) is 0 Å². The number of hydrogen-bond donors (Lipinski definition) is 2. The SMILES string of the molecule is CCC(C)(CC(C)(C)N1C(=O)CC(NC)C1=O)NC. The normalized spacial score (nSPS) is 23.9. The smallest absolute Gasteiger partial charge is 0.247 e. The van der Waals surface area contributed by atoms with E-state index in [0.717, 1.165) is 12.8 Å². The first-order chi connectivity index (χ1) is 8.70. The van der Waals surface area contributed by atoms with Crippen LogP contribution < -0.4 is 10.6 Å². The predicted octanol–water partition coefficient (Wildman–Crippen LogP) is 0.890. The van der Waals surface area contributed by atoms with E-state index in [2.05, 4.69) is 24.5 Å². The highest BCUT2D eigenvalue weighted by Gasteiger charge is 2.47. The fourth-order valence-electron chi connectivity index (χ4n) is 2.92. The summed E-state index contributed by atoms with van der Waals surface area (Å²) >= 11 is 0. The molecule has 2 amide bonds. The molecule has 0 radical (unpaired) electrons. The van der Waals surface area contributed by atoms with E-state index in [4.69, 9.17) is 0 Å². The van der Waals surface area contributed by atoms with Crippen molar-refractivity contribution < 1.29 is 9.59 Å². The van der Waals surface area contributed by atoms with Crippen LogP contribution in [0.4, 0.5) is 0 Å². The van der Waals surface area contributed by atoms with Crippen molar-refractivity contribution in [2.75, 3.05) is 14.1 Å². The lowest BCUT2D eigenvalue weighted by Gasteiger charge is -2.41. The lowest BCUT2D eigenvalue weighted by molar-refractivity contribution is -0.145. The van der Waals surface area contributed by atoms with E-state index >= 15 is 0 Å². The van der Waals surface area contributed by atoms with E-state index in [1.165, 1.54) is 4.90 Å². The molecule has 1 heterocycles. The van der Waals surface area contributed by atoms with Crippen molar-refractivity contribution in [3.63, 3.8) is 0 Å². The summed E-state index contributed by atoms with van der Waals surface area (Å²) in [5.74, 6) is -0.184. The molecular formula is C14H27N3O2. The summed E-state index contributed by atoms with van der Waals surface area (Å²) in [5, 5.41) is 6.21. The standard InChI is InChI=1S/C14H27N3O2/c1-7-14(4,16-6)9-13(2,3)17-11(18)8-10(15-5)12(17)19/h10,15-16H,7-9H2,1-6H3. The molecule has 1 aliphatic heterocycles. The molecule has 0 aliphatic carbocycles. The highest BCUT2D eigenvalue weighted by Crippen LogP contribution is 2.32. The molecule has 2 unspecified atom stereocenters. The zero-order chi connectivity index (χ0) is 14.8. The van der Waals surface area contributed by atoms with Gasteiger partial charge in [0.2, 0.25) is 11.8 Å². The van der Waals surface area contributed by atoms with E-state index in [9.17, 15) is 9.59 Å². The second-order valence-corrected chi connectivity index (χ2v) is 6.27. The molecule has 0 bridgehead atoms. The van der Waals surface area contributed by atoms with Crippen molar-refractivity contribution in [1.29, 1.82) is 0 Å². The topological polar surface area (TPSA) is 61.4 Å². The molecule has 5 heteroatoms. The second kappa shape index (κ2) is 5.59. The number of nitrogens with zero attached hydrogens (tertiary/aromatic N) is 1. The van der Waals surface area contributed by atoms with Crippen LogP contribution in [0, 0.1) is 0 Å². The molecule has 1 aliphatic rings. The van der Waals surface area contributed by atoms with Crippen LogP contribution in [0.1, 0.15) is 47.0 Å². The fraction of sp³-hybridized carbons (Fsp3) is 0.857. The Kier molecular flexibility index (Phi) is 4.74. The van der Waals surface area contributed by atoms with Crippen LogP contribution in [0.25, 0.3) is 0 Å². The second-order valence-electron chi connectivity index (χ2n) is 6.27. The number of imide groups is 1. The van der Waals surface area contributed by atoms with Crippen molar-refractivity contribution in [3.05, 3.63) is 0 Å². The average Bonchev–Trinajstić information content (AvgIpc) is 2.63. The molecule has 110 valence electrons. The van der Waals surface area contributed by atoms with E-state index in [1.807, 2.05) is 20.9 Å². The summed E-state index contributed by atoms with van der Waals surface area (Å²) in [6.07, 6.45) is 1.95. The largest absolute Gasteiger partial charge is 0.314 e. The summed E-state index contributed by atoms with van der Waals surface area (Å²) in [5.41, 5.74) is -0.560. The number of likely N-dealkylation sites (N-methyl/N-ethyl adjacent to an activating group) is 1. The van der Waals surface area contributed by atoms with Gasteiger partial charge in [0, 0.05) is 11.1 Å². The molecule has 0 saturated carbocycles. The van der Waals surface area contributed by atoms with Crippen LogP contribution in [0.15, 0.2) is 0 Å². The molecule has 0 aromatic rings. The average molecular weight is 269 g/mol. The van der Waals surface area contributed by atoms with Gasteiger partial charge in [-0.3, -0.25) is 14.5 Å². The Morgan fingerprint density at radius 3 is 2.21 bits per heavy atom. The molecule has 2 N–H and O–H groups in total. The zero-order valence-corrected chi connectivity index (χ0v) is 13.0. The number of nitrogens with one attached hydrogen (secondary N) is 2. The number of hydrogen-bond acceptors (Lipinski definition) is 4. The van der Waals surface area contributed by atoms with Gasteiger partial charge in [-0.15, -0.1) is 0 Å². The van der Waals surface area contributed by atoms with Crippen molar-refractivity contribution in [1.82, 2.24) is 15.5 Å². The third-order valence-corrected chi connectivity index (χ3v) is 4.31. The van der Waals surface area contributed by atoms with Gasteiger partial charge in [-0.25, -0.2) is 0 Å². The lowest BCUT2D eigenvalue weighted by atomic mass is 9.82. The minimum Gasteiger partial charge on any atom is -0.314 e. The summed E-state index contributed by atoms with van der Waals surface area (Å²) in [7, 11) is 3.64. The van der Waals surface area contributed by atoms with Gasteiger partial charge in [0.15, 0.2) is 0 Å². The number of carbonyl (C=O) groups excluding carboxylic acids is 2. The Morgan fingerprint density at radius 1 is 1.26 bits per heavy atom. The molecule has 1 saturated heterocycles. The summed E-state index contributed by atoms with van der Waals surface area (Å²) < 4.78 is 0. The Bertz CT molecular complexity index is 362. The Labute approximate surface area is 116 Å². The highest BCUT2D eigenvalue weighted by atomic mass is 16.2. The van der Waals surface area contributed by atoms with Crippen molar-refractivity contribution in [3.8, 4) is 0 Å². The first kappa shape index (κ1) is 16.1. The maximum absolute atomic E-state index is 12.3. The molecule has 0 aromatic carbocycles. The number of carbonyl (C=O) groups is 2. The Balaban J connectivity index is 2.94. The fourth-order valence-corrected chi connectivity index (χ4v) is 2.92. The van der Waals surface area contributed by atoms with Gasteiger partial charge in [0.1, 0.15) is 0 Å². The van der Waals surface area contributed by atoms with Crippen molar-refractivity contribution >= 4 is 11.8 Å². The molecule has 19 heavy (non-hydrogen) atoms. The molecular weight excluding hydrogens is 242 g/mol. The molecule has 0 spiro atoms. The maximum Gasteiger partial charge on any atom is 0.247 e. The maximum atomic E-state index is 12.3. The number of rotatable bonds is 6. The van der Waals surface area contributed by atoms with Crippen LogP contribution in [-0.2, 0) is 9.59 Å². The third-order valence-electron chi connectivity index (χ3n) is 4.31. The molecule has 5 nitrogen and oxygen atoms in total. The third kappa shape index (κ3) is 3.15. The van der Waals surface area contributed by atoms with Crippen LogP contribution in [0.2, 0.25) is 0 Å². The predicted molar refractivity (Wildman–Crippen MR) is 75.8 cm³/mol. The zero-order valence-electron chi connectivity index (χ0n) is 13.0. The van der Waals surface area contributed by atoms with Gasteiger partial charge in [0.05, 0.1) is 12.5 Å². The van der Waals surface area contributed by atoms with Gasteiger partial charge >= 0.3 is 0 Å². The van der Waals surface area contributed by atoms with E-state index < -0.39 is 5.54 Å². The Hall–Kier alpha value is -0.940. The monoisotopic (exact) mass is 269 g/mol. The summed E-state index contributed by atoms with van der Waals surface area (Å²) in [6, 6.07) is -0.366. The van der Waals surface area contributed by atoms with Gasteiger partial charge in [-0.2, -0.15) is 0 Å². The Morgan fingerprint density at radius 2 is 1.84 bits per heavy atom. The summed E-state index contributed by atoms with van der Waals surface area (Å²) in [6.45, 7) is 8.16. The van der Waals surface area contributed by atoms with Gasteiger partial charge in [-0.1, -0.05) is 6.92 Å². The van der Waals surface area contributed by atoms with Crippen LogP contribution in [0.3, 0.4) is 0 Å². The molecule has 2 atom stereocenters. The number of amides is 2.